The highest BCUT2D eigenvalue weighted by molar-refractivity contribution is 5.92. The summed E-state index contributed by atoms with van der Waals surface area (Å²) in [5.74, 6) is 0.343. The molecule has 3 heterocycles. The Hall–Kier alpha value is -3.42. The number of nitrogens with zero attached hydrogens (tertiary/aromatic N) is 5. The maximum absolute atomic E-state index is 13.4. The van der Waals surface area contributed by atoms with Gasteiger partial charge in [0.25, 0.3) is 5.91 Å². The summed E-state index contributed by atoms with van der Waals surface area (Å²) < 4.78 is 19.2. The van der Waals surface area contributed by atoms with E-state index >= 15 is 0 Å². The van der Waals surface area contributed by atoms with Crippen molar-refractivity contribution in [2.24, 2.45) is 0 Å². The molecule has 0 spiro atoms. The lowest BCUT2D eigenvalue weighted by Crippen LogP contribution is -2.38. The molecule has 1 aromatic carbocycles. The first kappa shape index (κ1) is 18.9. The molecule has 0 saturated carbocycles. The first-order valence-electron chi connectivity index (χ1n) is 9.42. The van der Waals surface area contributed by atoms with Gasteiger partial charge >= 0.3 is 0 Å². The van der Waals surface area contributed by atoms with Gasteiger partial charge in [0, 0.05) is 43.7 Å². The van der Waals surface area contributed by atoms with E-state index in [-0.39, 0.29) is 17.6 Å². The van der Waals surface area contributed by atoms with E-state index in [2.05, 4.69) is 19.9 Å². The third-order valence-corrected chi connectivity index (χ3v) is 4.87. The second-order valence-corrected chi connectivity index (χ2v) is 6.92. The van der Waals surface area contributed by atoms with E-state index in [0.29, 0.717) is 30.4 Å². The molecule has 0 radical (unpaired) electrons. The Bertz CT molecular complexity index is 1000. The SMILES string of the molecule is Cc1cnc(C(=O)N2CCC(c3nccnc3Oc3cccc(F)c3)CC2)cn1. The van der Waals surface area contributed by atoms with Gasteiger partial charge in [-0.1, -0.05) is 6.07 Å². The van der Waals surface area contributed by atoms with E-state index < -0.39 is 0 Å². The van der Waals surface area contributed by atoms with Crippen LogP contribution in [0.2, 0.25) is 0 Å². The summed E-state index contributed by atoms with van der Waals surface area (Å²) >= 11 is 0. The van der Waals surface area contributed by atoms with Crippen LogP contribution in [-0.2, 0) is 0 Å². The minimum Gasteiger partial charge on any atom is -0.437 e. The molecule has 29 heavy (non-hydrogen) atoms. The number of amides is 1. The van der Waals surface area contributed by atoms with Crippen LogP contribution in [0.1, 0.15) is 40.6 Å². The number of benzene rings is 1. The van der Waals surface area contributed by atoms with Gasteiger partial charge in [0.1, 0.15) is 23.0 Å². The minimum atomic E-state index is -0.376. The van der Waals surface area contributed by atoms with Crippen LogP contribution in [-0.4, -0.2) is 43.8 Å². The van der Waals surface area contributed by atoms with Crippen molar-refractivity contribution in [3.05, 3.63) is 72.0 Å². The van der Waals surface area contributed by atoms with Crippen molar-refractivity contribution >= 4 is 5.91 Å². The third kappa shape index (κ3) is 4.37. The smallest absolute Gasteiger partial charge is 0.274 e. The number of carbonyl (C=O) groups is 1. The lowest BCUT2D eigenvalue weighted by atomic mass is 9.93. The number of halogens is 1. The van der Waals surface area contributed by atoms with Gasteiger partial charge in [-0.3, -0.25) is 14.8 Å². The van der Waals surface area contributed by atoms with Gasteiger partial charge in [-0.15, -0.1) is 0 Å². The number of aryl methyl sites for hydroxylation is 1. The minimum absolute atomic E-state index is 0.0976. The molecule has 0 atom stereocenters. The van der Waals surface area contributed by atoms with Gasteiger partial charge < -0.3 is 9.64 Å². The molecule has 0 aliphatic carbocycles. The summed E-state index contributed by atoms with van der Waals surface area (Å²) in [4.78, 5) is 31.5. The average molecular weight is 393 g/mol. The van der Waals surface area contributed by atoms with Crippen molar-refractivity contribution in [2.75, 3.05) is 13.1 Å². The molecule has 0 N–H and O–H groups in total. The lowest BCUT2D eigenvalue weighted by molar-refractivity contribution is 0.0705. The second kappa shape index (κ2) is 8.30. The van der Waals surface area contributed by atoms with Gasteiger partial charge in [0.2, 0.25) is 5.88 Å². The topological polar surface area (TPSA) is 81.1 Å². The zero-order valence-corrected chi connectivity index (χ0v) is 16.0. The molecule has 1 aliphatic heterocycles. The van der Waals surface area contributed by atoms with E-state index in [0.717, 1.165) is 24.2 Å². The fourth-order valence-electron chi connectivity index (χ4n) is 3.36. The Morgan fingerprint density at radius 3 is 2.62 bits per heavy atom. The van der Waals surface area contributed by atoms with E-state index in [1.165, 1.54) is 18.3 Å². The second-order valence-electron chi connectivity index (χ2n) is 6.92. The summed E-state index contributed by atoms with van der Waals surface area (Å²) in [5.41, 5.74) is 1.84. The van der Waals surface area contributed by atoms with Crippen LogP contribution in [0.15, 0.2) is 49.1 Å². The molecule has 1 saturated heterocycles. The molecule has 1 aliphatic rings. The number of piperidine rings is 1. The first-order valence-corrected chi connectivity index (χ1v) is 9.42. The van der Waals surface area contributed by atoms with Crippen molar-refractivity contribution in [2.45, 2.75) is 25.7 Å². The highest BCUT2D eigenvalue weighted by Crippen LogP contribution is 2.33. The fraction of sp³-hybridized carbons (Fsp3) is 0.286. The van der Waals surface area contributed by atoms with Crippen molar-refractivity contribution < 1.29 is 13.9 Å². The Morgan fingerprint density at radius 1 is 1.10 bits per heavy atom. The fourth-order valence-corrected chi connectivity index (χ4v) is 3.36. The Morgan fingerprint density at radius 2 is 1.90 bits per heavy atom. The maximum atomic E-state index is 13.4. The number of hydrogen-bond acceptors (Lipinski definition) is 6. The van der Waals surface area contributed by atoms with Crippen molar-refractivity contribution in [3.63, 3.8) is 0 Å². The molecule has 0 unspecified atom stereocenters. The van der Waals surface area contributed by atoms with Gasteiger partial charge in [-0.25, -0.2) is 14.4 Å². The zero-order chi connectivity index (χ0) is 20.2. The van der Waals surface area contributed by atoms with E-state index in [4.69, 9.17) is 4.74 Å². The molecule has 1 amide bonds. The molecule has 1 fully saturated rings. The first-order chi connectivity index (χ1) is 14.1. The van der Waals surface area contributed by atoms with Crippen LogP contribution in [0, 0.1) is 12.7 Å². The largest absolute Gasteiger partial charge is 0.437 e. The number of rotatable bonds is 4. The predicted molar refractivity (Wildman–Crippen MR) is 103 cm³/mol. The summed E-state index contributed by atoms with van der Waals surface area (Å²) in [5, 5.41) is 0. The molecular weight excluding hydrogens is 373 g/mol. The molecular formula is C21H20FN5O2. The highest BCUT2D eigenvalue weighted by atomic mass is 19.1. The van der Waals surface area contributed by atoms with Crippen molar-refractivity contribution in [1.82, 2.24) is 24.8 Å². The van der Waals surface area contributed by atoms with E-state index in [1.54, 1.807) is 35.6 Å². The molecule has 4 rings (SSSR count). The Labute approximate surface area is 167 Å². The normalized spacial score (nSPS) is 14.6. The van der Waals surface area contributed by atoms with Gasteiger partial charge in [-0.05, 0) is 31.9 Å². The Balaban J connectivity index is 1.45. The monoisotopic (exact) mass is 393 g/mol. The van der Waals surface area contributed by atoms with Crippen LogP contribution < -0.4 is 4.74 Å². The molecule has 3 aromatic rings. The summed E-state index contributed by atoms with van der Waals surface area (Å²) in [6, 6.07) is 5.92. The summed E-state index contributed by atoms with van der Waals surface area (Å²) in [6.45, 7) is 2.99. The van der Waals surface area contributed by atoms with Crippen LogP contribution in [0.4, 0.5) is 4.39 Å². The van der Waals surface area contributed by atoms with E-state index in [1.807, 2.05) is 6.92 Å². The highest BCUT2D eigenvalue weighted by Gasteiger charge is 2.28. The number of likely N-dealkylation sites (tertiary alicyclic amines) is 1. The molecule has 8 heteroatoms. The molecule has 2 aromatic heterocycles. The Kier molecular flexibility index (Phi) is 5.41. The quantitative estimate of drug-likeness (QED) is 0.675. The standard InChI is InChI=1S/C21H20FN5O2/c1-14-12-26-18(13-25-14)21(28)27-9-5-15(6-10-27)19-20(24-8-7-23-19)29-17-4-2-3-16(22)11-17/h2-4,7-8,11-13,15H,5-6,9-10H2,1H3. The average Bonchev–Trinajstić information content (AvgIpc) is 2.74. The van der Waals surface area contributed by atoms with Crippen LogP contribution in [0.25, 0.3) is 0 Å². The molecule has 7 nitrogen and oxygen atoms in total. The lowest BCUT2D eigenvalue weighted by Gasteiger charge is -2.31. The van der Waals surface area contributed by atoms with E-state index in [9.17, 15) is 9.18 Å². The predicted octanol–water partition coefficient (Wildman–Crippen LogP) is 3.53. The summed E-state index contributed by atoms with van der Waals surface area (Å²) in [6.07, 6.45) is 7.72. The third-order valence-electron chi connectivity index (χ3n) is 4.87. The van der Waals surface area contributed by atoms with Crippen LogP contribution in [0.5, 0.6) is 11.6 Å². The number of ether oxygens (including phenoxy) is 1. The molecule has 148 valence electrons. The van der Waals surface area contributed by atoms with Gasteiger partial charge in [0.15, 0.2) is 0 Å². The van der Waals surface area contributed by atoms with Gasteiger partial charge in [-0.2, -0.15) is 0 Å². The van der Waals surface area contributed by atoms with Gasteiger partial charge in [0.05, 0.1) is 11.9 Å². The maximum Gasteiger partial charge on any atom is 0.274 e. The van der Waals surface area contributed by atoms with Crippen molar-refractivity contribution in [1.29, 1.82) is 0 Å². The van der Waals surface area contributed by atoms with Crippen LogP contribution in [0.3, 0.4) is 0 Å². The zero-order valence-electron chi connectivity index (χ0n) is 16.0. The molecule has 0 bridgehead atoms. The summed E-state index contributed by atoms with van der Waals surface area (Å²) in [7, 11) is 0. The van der Waals surface area contributed by atoms with Crippen LogP contribution >= 0.6 is 0 Å². The number of carbonyl (C=O) groups excluding carboxylic acids is 1. The van der Waals surface area contributed by atoms with Crippen molar-refractivity contribution in [3.8, 4) is 11.6 Å². The number of hydrogen-bond donors (Lipinski definition) is 0. The number of aromatic nitrogens is 4.